The number of methoxy groups -OCH3 is 1. The number of aromatic nitrogens is 2. The van der Waals surface area contributed by atoms with Gasteiger partial charge in [-0.1, -0.05) is 37.6 Å². The number of carbonyl (C=O) groups excluding carboxylic acids is 1. The number of ether oxygens (including phenoxy) is 2. The van der Waals surface area contributed by atoms with E-state index in [9.17, 15) is 4.79 Å². The van der Waals surface area contributed by atoms with Crippen molar-refractivity contribution in [3.8, 4) is 11.5 Å². The van der Waals surface area contributed by atoms with Gasteiger partial charge in [0.25, 0.3) is 5.91 Å². The van der Waals surface area contributed by atoms with Gasteiger partial charge in [-0.3, -0.25) is 9.69 Å². The summed E-state index contributed by atoms with van der Waals surface area (Å²) in [5.41, 5.74) is 1.94. The molecule has 162 valence electrons. The summed E-state index contributed by atoms with van der Waals surface area (Å²) >= 11 is 6.47. The van der Waals surface area contributed by atoms with Crippen LogP contribution in [0.25, 0.3) is 11.0 Å². The number of fused-ring (bicyclic) bond motifs is 2. The van der Waals surface area contributed by atoms with Gasteiger partial charge >= 0.3 is 0 Å². The number of nitrogens with zero attached hydrogens (tertiary/aromatic N) is 4. The lowest BCUT2D eigenvalue weighted by Crippen LogP contribution is -2.43. The fourth-order valence-electron chi connectivity index (χ4n) is 3.47. The Hall–Kier alpha value is -3.06. The number of halogens is 1. The van der Waals surface area contributed by atoms with E-state index in [1.807, 2.05) is 50.1 Å². The van der Waals surface area contributed by atoms with E-state index in [4.69, 9.17) is 31.0 Å². The summed E-state index contributed by atoms with van der Waals surface area (Å²) in [4.78, 5) is 26.6. The van der Waals surface area contributed by atoms with Crippen LogP contribution in [0.1, 0.15) is 24.2 Å². The van der Waals surface area contributed by atoms with E-state index >= 15 is 0 Å². The Balaban J connectivity index is 1.73. The minimum atomic E-state index is -0.213. The predicted molar refractivity (Wildman–Crippen MR) is 123 cm³/mol. The second-order valence-corrected chi connectivity index (χ2v) is 8.34. The number of amides is 1. The molecular weight excluding hydrogens is 416 g/mol. The highest BCUT2D eigenvalue weighted by Gasteiger charge is 2.30. The summed E-state index contributed by atoms with van der Waals surface area (Å²) in [6, 6.07) is 10.9. The van der Waals surface area contributed by atoms with Crippen LogP contribution in [0.4, 0.5) is 11.6 Å². The topological polar surface area (TPSA) is 67.8 Å². The number of anilines is 2. The molecule has 3 aromatic rings. The third-order valence-electron chi connectivity index (χ3n) is 5.09. The smallest absolute Gasteiger partial charge is 0.259 e. The van der Waals surface area contributed by atoms with Crippen LogP contribution >= 0.6 is 11.6 Å². The summed E-state index contributed by atoms with van der Waals surface area (Å²) in [5.74, 6) is 2.20. The quantitative estimate of drug-likeness (QED) is 0.585. The van der Waals surface area contributed by atoms with Crippen molar-refractivity contribution in [1.29, 1.82) is 0 Å². The SMILES string of the molecule is COc1cc(C(=O)N2CCN(C)c3nc4ccccc4nc32)cc(Cl)c1OCC(C)C. The zero-order valence-corrected chi connectivity index (χ0v) is 18.8. The summed E-state index contributed by atoms with van der Waals surface area (Å²) in [7, 11) is 3.48. The maximum Gasteiger partial charge on any atom is 0.259 e. The van der Waals surface area contributed by atoms with Gasteiger partial charge in [-0.15, -0.1) is 0 Å². The van der Waals surface area contributed by atoms with Gasteiger partial charge in [0, 0.05) is 25.7 Å². The molecular formula is C23H25ClN4O3. The molecule has 1 aromatic heterocycles. The molecule has 1 amide bonds. The molecule has 0 atom stereocenters. The van der Waals surface area contributed by atoms with E-state index in [1.165, 1.54) is 7.11 Å². The average molecular weight is 441 g/mol. The Bertz CT molecular complexity index is 1140. The maximum atomic E-state index is 13.5. The van der Waals surface area contributed by atoms with Gasteiger partial charge in [0.05, 0.1) is 29.8 Å². The lowest BCUT2D eigenvalue weighted by Gasteiger charge is -2.33. The van der Waals surface area contributed by atoms with Crippen LogP contribution in [-0.2, 0) is 0 Å². The van der Waals surface area contributed by atoms with Gasteiger partial charge in [0.1, 0.15) is 0 Å². The van der Waals surface area contributed by atoms with E-state index in [-0.39, 0.29) is 5.91 Å². The Labute approximate surface area is 186 Å². The lowest BCUT2D eigenvalue weighted by molar-refractivity contribution is 0.0985. The Kier molecular flexibility index (Phi) is 5.87. The average Bonchev–Trinajstić information content (AvgIpc) is 2.76. The van der Waals surface area contributed by atoms with Gasteiger partial charge in [-0.05, 0) is 30.2 Å². The first-order chi connectivity index (χ1) is 14.9. The monoisotopic (exact) mass is 440 g/mol. The van der Waals surface area contributed by atoms with E-state index in [0.717, 1.165) is 11.0 Å². The van der Waals surface area contributed by atoms with Crippen LogP contribution in [0.3, 0.4) is 0 Å². The van der Waals surface area contributed by atoms with Crippen molar-refractivity contribution < 1.29 is 14.3 Å². The number of benzene rings is 2. The minimum absolute atomic E-state index is 0.213. The summed E-state index contributed by atoms with van der Waals surface area (Å²) in [5, 5.41) is 0.335. The van der Waals surface area contributed by atoms with Crippen LogP contribution in [0.15, 0.2) is 36.4 Å². The second kappa shape index (κ2) is 8.59. The number of likely N-dealkylation sites (N-methyl/N-ethyl adjacent to an activating group) is 1. The zero-order valence-electron chi connectivity index (χ0n) is 18.1. The summed E-state index contributed by atoms with van der Waals surface area (Å²) < 4.78 is 11.3. The highest BCUT2D eigenvalue weighted by Crippen LogP contribution is 2.38. The predicted octanol–water partition coefficient (Wildman–Crippen LogP) is 4.42. The molecule has 2 aromatic carbocycles. The van der Waals surface area contributed by atoms with Crippen molar-refractivity contribution in [2.75, 3.05) is 43.7 Å². The molecule has 0 radical (unpaired) electrons. The molecule has 31 heavy (non-hydrogen) atoms. The van der Waals surface area contributed by atoms with E-state index < -0.39 is 0 Å². The summed E-state index contributed by atoms with van der Waals surface area (Å²) in [6.07, 6.45) is 0. The van der Waals surface area contributed by atoms with E-state index in [2.05, 4.69) is 0 Å². The molecule has 1 aliphatic rings. The third kappa shape index (κ3) is 4.10. The van der Waals surface area contributed by atoms with Crippen LogP contribution in [-0.4, -0.2) is 49.7 Å². The van der Waals surface area contributed by atoms with Crippen molar-refractivity contribution in [1.82, 2.24) is 9.97 Å². The van der Waals surface area contributed by atoms with Gasteiger partial charge in [0.2, 0.25) is 0 Å². The van der Waals surface area contributed by atoms with Crippen molar-refractivity contribution in [3.63, 3.8) is 0 Å². The Morgan fingerprint density at radius 1 is 1.13 bits per heavy atom. The molecule has 2 heterocycles. The van der Waals surface area contributed by atoms with Crippen LogP contribution in [0, 0.1) is 5.92 Å². The van der Waals surface area contributed by atoms with Crippen LogP contribution in [0.5, 0.6) is 11.5 Å². The van der Waals surface area contributed by atoms with Crippen molar-refractivity contribution in [2.24, 2.45) is 5.92 Å². The number of para-hydroxylation sites is 2. The largest absolute Gasteiger partial charge is 0.493 e. The standard InChI is InChI=1S/C23H25ClN4O3/c1-14(2)13-31-20-16(24)11-15(12-19(20)30-4)23(29)28-10-9-27(3)21-22(28)26-18-8-6-5-7-17(18)25-21/h5-8,11-12,14H,9-10,13H2,1-4H3. The molecule has 0 saturated carbocycles. The fraction of sp³-hybridized carbons (Fsp3) is 0.348. The number of carbonyl (C=O) groups is 1. The number of hydrogen-bond acceptors (Lipinski definition) is 6. The van der Waals surface area contributed by atoms with Gasteiger partial charge in [0.15, 0.2) is 23.1 Å². The fourth-order valence-corrected chi connectivity index (χ4v) is 3.73. The normalized spacial score (nSPS) is 13.5. The maximum absolute atomic E-state index is 13.5. The third-order valence-corrected chi connectivity index (χ3v) is 5.37. The van der Waals surface area contributed by atoms with E-state index in [1.54, 1.807) is 17.0 Å². The molecule has 0 aliphatic carbocycles. The molecule has 4 rings (SSSR count). The first-order valence-electron chi connectivity index (χ1n) is 10.2. The molecule has 0 spiro atoms. The second-order valence-electron chi connectivity index (χ2n) is 7.93. The van der Waals surface area contributed by atoms with Gasteiger partial charge in [-0.2, -0.15) is 0 Å². The van der Waals surface area contributed by atoms with E-state index in [0.29, 0.717) is 59.3 Å². The molecule has 1 aliphatic heterocycles. The van der Waals surface area contributed by atoms with Crippen LogP contribution in [0.2, 0.25) is 5.02 Å². The Morgan fingerprint density at radius 3 is 2.45 bits per heavy atom. The highest BCUT2D eigenvalue weighted by atomic mass is 35.5. The molecule has 0 bridgehead atoms. The highest BCUT2D eigenvalue weighted by molar-refractivity contribution is 6.33. The zero-order chi connectivity index (χ0) is 22.1. The minimum Gasteiger partial charge on any atom is -0.493 e. The lowest BCUT2D eigenvalue weighted by atomic mass is 10.1. The van der Waals surface area contributed by atoms with Crippen molar-refractivity contribution in [3.05, 3.63) is 47.0 Å². The first kappa shape index (κ1) is 21.2. The molecule has 0 unspecified atom stereocenters. The molecule has 7 nitrogen and oxygen atoms in total. The number of hydrogen-bond donors (Lipinski definition) is 0. The van der Waals surface area contributed by atoms with Crippen LogP contribution < -0.4 is 19.3 Å². The van der Waals surface area contributed by atoms with Crippen molar-refractivity contribution >= 4 is 40.2 Å². The first-order valence-corrected chi connectivity index (χ1v) is 10.6. The summed E-state index contributed by atoms with van der Waals surface area (Å²) in [6.45, 7) is 5.73. The van der Waals surface area contributed by atoms with Gasteiger partial charge in [-0.25, -0.2) is 9.97 Å². The molecule has 8 heteroatoms. The molecule has 0 N–H and O–H groups in total. The van der Waals surface area contributed by atoms with Crippen molar-refractivity contribution in [2.45, 2.75) is 13.8 Å². The van der Waals surface area contributed by atoms with Gasteiger partial charge < -0.3 is 14.4 Å². The Morgan fingerprint density at radius 2 is 1.81 bits per heavy atom. The molecule has 0 fully saturated rings. The number of rotatable bonds is 5. The molecule has 0 saturated heterocycles.